The number of halogens is 1. The van der Waals surface area contributed by atoms with Gasteiger partial charge in [0.25, 0.3) is 0 Å². The van der Waals surface area contributed by atoms with Crippen molar-refractivity contribution in [2.24, 2.45) is 0 Å². The number of aromatic nitrogens is 4. The van der Waals surface area contributed by atoms with Crippen LogP contribution in [0, 0.1) is 0 Å². The highest BCUT2D eigenvalue weighted by Gasteiger charge is 2.19. The molecule has 0 aromatic carbocycles. The van der Waals surface area contributed by atoms with Crippen LogP contribution >= 0.6 is 11.6 Å². The van der Waals surface area contributed by atoms with Gasteiger partial charge in [-0.2, -0.15) is 0 Å². The fraction of sp³-hybridized carbons (Fsp3) is 0.222. The zero-order chi connectivity index (χ0) is 16.4. The number of hydrogen-bond donors (Lipinski definition) is 0. The highest BCUT2D eigenvalue weighted by Crippen LogP contribution is 2.21. The molecule has 120 valence electrons. The zero-order valence-electron chi connectivity index (χ0n) is 13.1. The normalized spacial score (nSPS) is 14.4. The van der Waals surface area contributed by atoms with Crippen molar-refractivity contribution < 1.29 is 0 Å². The van der Waals surface area contributed by atoms with Gasteiger partial charge < -0.3 is 0 Å². The number of nitrogens with zero attached hydrogens (tertiary/aromatic N) is 5. The first-order valence-corrected chi connectivity index (χ1v) is 8.24. The maximum atomic E-state index is 5.85. The quantitative estimate of drug-likeness (QED) is 0.687. The average Bonchev–Trinajstić information content (AvgIpc) is 2.64. The maximum Gasteiger partial charge on any atom is 0.159 e. The van der Waals surface area contributed by atoms with Gasteiger partial charge in [-0.3, -0.25) is 9.88 Å². The van der Waals surface area contributed by atoms with E-state index < -0.39 is 0 Å². The minimum atomic E-state index is 0.525. The molecule has 0 fully saturated rings. The van der Waals surface area contributed by atoms with Crippen LogP contribution < -0.4 is 0 Å². The fourth-order valence-electron chi connectivity index (χ4n) is 2.89. The van der Waals surface area contributed by atoms with E-state index >= 15 is 0 Å². The highest BCUT2D eigenvalue weighted by atomic mass is 35.5. The SMILES string of the molecule is Clc1ccc(CN2CCc3cnc(-c4ccncc4)nc3C2)cn1. The van der Waals surface area contributed by atoms with Crippen LogP contribution in [-0.4, -0.2) is 31.4 Å². The van der Waals surface area contributed by atoms with Gasteiger partial charge in [-0.15, -0.1) is 0 Å². The first kappa shape index (κ1) is 15.2. The predicted octanol–water partition coefficient (Wildman–Crippen LogP) is 3.15. The molecule has 3 aromatic heterocycles. The monoisotopic (exact) mass is 337 g/mol. The second-order valence-corrected chi connectivity index (χ2v) is 6.24. The van der Waals surface area contributed by atoms with Crippen molar-refractivity contribution in [3.63, 3.8) is 0 Å². The molecule has 4 heterocycles. The van der Waals surface area contributed by atoms with E-state index in [1.807, 2.05) is 36.7 Å². The minimum Gasteiger partial charge on any atom is -0.293 e. The molecule has 0 aliphatic carbocycles. The van der Waals surface area contributed by atoms with E-state index in [1.54, 1.807) is 12.4 Å². The molecule has 0 spiro atoms. The topological polar surface area (TPSA) is 54.8 Å². The standard InChI is InChI=1S/C18H16ClN5/c19-17-2-1-13(9-21-17)11-24-8-5-15-10-22-18(23-16(15)12-24)14-3-6-20-7-4-14/h1-4,6-7,9-10H,5,8,11-12H2. The van der Waals surface area contributed by atoms with E-state index in [0.717, 1.165) is 48.7 Å². The number of pyridine rings is 2. The van der Waals surface area contributed by atoms with Crippen molar-refractivity contribution in [2.75, 3.05) is 6.54 Å². The molecule has 0 saturated heterocycles. The Hall–Kier alpha value is -2.37. The molecule has 0 atom stereocenters. The largest absolute Gasteiger partial charge is 0.293 e. The van der Waals surface area contributed by atoms with E-state index in [2.05, 4.69) is 19.9 Å². The van der Waals surface area contributed by atoms with Crippen molar-refractivity contribution >= 4 is 11.6 Å². The molecule has 0 radical (unpaired) electrons. The van der Waals surface area contributed by atoms with Gasteiger partial charge in [-0.1, -0.05) is 17.7 Å². The van der Waals surface area contributed by atoms with Gasteiger partial charge in [0.05, 0.1) is 5.69 Å². The number of fused-ring (bicyclic) bond motifs is 1. The summed E-state index contributed by atoms with van der Waals surface area (Å²) in [4.78, 5) is 19.8. The van der Waals surface area contributed by atoms with Crippen molar-refractivity contribution in [1.82, 2.24) is 24.8 Å². The van der Waals surface area contributed by atoms with Crippen LogP contribution in [0.25, 0.3) is 11.4 Å². The summed E-state index contributed by atoms with van der Waals surface area (Å²) < 4.78 is 0. The number of hydrogen-bond acceptors (Lipinski definition) is 5. The summed E-state index contributed by atoms with van der Waals surface area (Å²) in [5.74, 6) is 0.756. The van der Waals surface area contributed by atoms with Crippen LogP contribution in [0.4, 0.5) is 0 Å². The third kappa shape index (κ3) is 3.27. The van der Waals surface area contributed by atoms with Crippen LogP contribution in [0.15, 0.2) is 49.1 Å². The van der Waals surface area contributed by atoms with E-state index in [1.165, 1.54) is 5.56 Å². The first-order valence-electron chi connectivity index (χ1n) is 7.86. The summed E-state index contributed by atoms with van der Waals surface area (Å²) in [5.41, 5.74) is 4.49. The zero-order valence-corrected chi connectivity index (χ0v) is 13.8. The molecule has 0 amide bonds. The molecular weight excluding hydrogens is 322 g/mol. The molecule has 1 aliphatic heterocycles. The molecule has 0 bridgehead atoms. The molecule has 6 heteroatoms. The van der Waals surface area contributed by atoms with Crippen LogP contribution in [0.5, 0.6) is 0 Å². The molecule has 0 unspecified atom stereocenters. The predicted molar refractivity (Wildman–Crippen MR) is 92.3 cm³/mol. The van der Waals surface area contributed by atoms with Crippen LogP contribution in [-0.2, 0) is 19.5 Å². The highest BCUT2D eigenvalue weighted by molar-refractivity contribution is 6.29. The van der Waals surface area contributed by atoms with Gasteiger partial charge in [0.1, 0.15) is 5.15 Å². The summed E-state index contributed by atoms with van der Waals surface area (Å²) in [6.07, 6.45) is 8.28. The second-order valence-electron chi connectivity index (χ2n) is 5.85. The summed E-state index contributed by atoms with van der Waals surface area (Å²) in [7, 11) is 0. The second kappa shape index (κ2) is 6.63. The summed E-state index contributed by atoms with van der Waals surface area (Å²) in [6, 6.07) is 7.72. The molecule has 0 saturated carbocycles. The minimum absolute atomic E-state index is 0.525. The molecule has 5 nitrogen and oxygen atoms in total. The Balaban J connectivity index is 1.54. The lowest BCUT2D eigenvalue weighted by atomic mass is 10.1. The van der Waals surface area contributed by atoms with Gasteiger partial charge in [0, 0.05) is 50.0 Å². The van der Waals surface area contributed by atoms with E-state index in [0.29, 0.717) is 5.15 Å². The first-order chi connectivity index (χ1) is 11.8. The van der Waals surface area contributed by atoms with Crippen molar-refractivity contribution in [2.45, 2.75) is 19.5 Å². The Morgan fingerprint density at radius 1 is 1.04 bits per heavy atom. The van der Waals surface area contributed by atoms with Crippen molar-refractivity contribution in [1.29, 1.82) is 0 Å². The summed E-state index contributed by atoms with van der Waals surface area (Å²) in [5, 5.41) is 0.525. The smallest absolute Gasteiger partial charge is 0.159 e. The lowest BCUT2D eigenvalue weighted by Crippen LogP contribution is -2.31. The number of rotatable bonds is 3. The summed E-state index contributed by atoms with van der Waals surface area (Å²) >= 11 is 5.85. The molecule has 24 heavy (non-hydrogen) atoms. The molecule has 4 rings (SSSR count). The van der Waals surface area contributed by atoms with Gasteiger partial charge in [-0.25, -0.2) is 15.0 Å². The van der Waals surface area contributed by atoms with Crippen LogP contribution in [0.1, 0.15) is 16.8 Å². The molecule has 1 aliphatic rings. The Labute approximate surface area is 145 Å². The Morgan fingerprint density at radius 3 is 2.71 bits per heavy atom. The van der Waals surface area contributed by atoms with Gasteiger partial charge in [-0.05, 0) is 35.7 Å². The Kier molecular flexibility index (Phi) is 4.19. The maximum absolute atomic E-state index is 5.85. The van der Waals surface area contributed by atoms with Gasteiger partial charge in [0.2, 0.25) is 0 Å². The Morgan fingerprint density at radius 2 is 1.92 bits per heavy atom. The third-order valence-electron chi connectivity index (χ3n) is 4.16. The average molecular weight is 338 g/mol. The molecule has 0 N–H and O–H groups in total. The van der Waals surface area contributed by atoms with Crippen LogP contribution in [0.3, 0.4) is 0 Å². The fourth-order valence-corrected chi connectivity index (χ4v) is 3.00. The van der Waals surface area contributed by atoms with Crippen molar-refractivity contribution in [3.05, 3.63) is 71.0 Å². The Bertz CT molecular complexity index is 836. The van der Waals surface area contributed by atoms with Gasteiger partial charge >= 0.3 is 0 Å². The molecular formula is C18H16ClN5. The van der Waals surface area contributed by atoms with Crippen molar-refractivity contribution in [3.8, 4) is 11.4 Å². The van der Waals surface area contributed by atoms with E-state index in [9.17, 15) is 0 Å². The third-order valence-corrected chi connectivity index (χ3v) is 4.38. The lowest BCUT2D eigenvalue weighted by molar-refractivity contribution is 0.241. The molecule has 3 aromatic rings. The summed E-state index contributed by atoms with van der Waals surface area (Å²) in [6.45, 7) is 2.66. The van der Waals surface area contributed by atoms with E-state index in [-0.39, 0.29) is 0 Å². The van der Waals surface area contributed by atoms with E-state index in [4.69, 9.17) is 16.6 Å². The lowest BCUT2D eigenvalue weighted by Gasteiger charge is -2.27. The van der Waals surface area contributed by atoms with Crippen LogP contribution in [0.2, 0.25) is 5.15 Å². The van der Waals surface area contributed by atoms with Gasteiger partial charge in [0.15, 0.2) is 5.82 Å².